The van der Waals surface area contributed by atoms with E-state index in [2.05, 4.69) is 50.0 Å². The number of hydrogen-bond donors (Lipinski definition) is 1. The number of fused-ring (bicyclic) bond motifs is 1. The Morgan fingerprint density at radius 1 is 1.13 bits per heavy atom. The Morgan fingerprint density at radius 2 is 1.85 bits per heavy atom. The lowest BCUT2D eigenvalue weighted by atomic mass is 9.80. The molecule has 5 nitrogen and oxygen atoms in total. The van der Waals surface area contributed by atoms with Gasteiger partial charge < -0.3 is 10.2 Å². The van der Waals surface area contributed by atoms with Gasteiger partial charge in [0.25, 0.3) is 0 Å². The Labute approximate surface area is 227 Å². The smallest absolute Gasteiger partial charge is 0.320 e. The molecule has 0 saturated heterocycles. The molecule has 2 aliphatic rings. The highest BCUT2D eigenvalue weighted by Crippen LogP contribution is 2.62. The summed E-state index contributed by atoms with van der Waals surface area (Å²) in [7, 11) is 0. The van der Waals surface area contributed by atoms with Crippen LogP contribution in [0.2, 0.25) is 0 Å². The van der Waals surface area contributed by atoms with Gasteiger partial charge in [-0.3, -0.25) is 4.90 Å². The Morgan fingerprint density at radius 3 is 2.46 bits per heavy atom. The zero-order valence-electron chi connectivity index (χ0n) is 22.9. The molecule has 3 atom stereocenters. The largest absolute Gasteiger partial charge is 0.419 e. The minimum atomic E-state index is -4.86. The average Bonchev–Trinajstić information content (AvgIpc) is 3.61. The summed E-state index contributed by atoms with van der Waals surface area (Å²) in [5, 5.41) is 11.9. The van der Waals surface area contributed by atoms with Gasteiger partial charge in [-0.2, -0.15) is 18.4 Å². The monoisotopic (exact) mass is 544 g/mol. The molecule has 0 radical (unpaired) electrons. The summed E-state index contributed by atoms with van der Waals surface area (Å²) in [4.78, 5) is 17.6. The second-order valence-corrected chi connectivity index (χ2v) is 11.4. The molecule has 2 unspecified atom stereocenters. The molecule has 2 aliphatic carbocycles. The highest BCUT2D eigenvalue weighted by molar-refractivity contribution is 5.89. The van der Waals surface area contributed by atoms with Crippen molar-refractivity contribution in [2.45, 2.75) is 83.1 Å². The summed E-state index contributed by atoms with van der Waals surface area (Å²) >= 11 is 0. The lowest BCUT2D eigenvalue weighted by Crippen LogP contribution is -2.50. The minimum Gasteiger partial charge on any atom is -0.320 e. The number of anilines is 1. The van der Waals surface area contributed by atoms with Crippen LogP contribution in [-0.2, 0) is 11.6 Å². The quantitative estimate of drug-likeness (QED) is 0.358. The van der Waals surface area contributed by atoms with Gasteiger partial charge in [0.05, 0.1) is 17.2 Å². The normalized spacial score (nSPS) is 22.5. The standard InChI is InChI=1S/C30H36F4N4O/c1-19(2)37(20(3)4)12-13-38(28(39)36-24-8-9-27(31)26(16-24)30(32,33)34)25-10-11-29(17-23(29)15-25)22-7-5-6-21(14-22)18-35/h5-9,14,16,19-20,23,25H,10-13,15,17H2,1-4H3,(H,36,39)/t23?,25-,29?/m0/s1. The van der Waals surface area contributed by atoms with Crippen LogP contribution in [0, 0.1) is 23.1 Å². The predicted molar refractivity (Wildman–Crippen MR) is 143 cm³/mol. The van der Waals surface area contributed by atoms with Crippen molar-refractivity contribution in [1.29, 1.82) is 5.26 Å². The number of nitrogens with one attached hydrogen (secondary N) is 1. The van der Waals surface area contributed by atoms with E-state index in [1.165, 1.54) is 0 Å². The van der Waals surface area contributed by atoms with Crippen molar-refractivity contribution < 1.29 is 22.4 Å². The SMILES string of the molecule is CC(C)N(CCN(C(=O)Nc1ccc(F)c(C(F)(F)F)c1)[C@H]1CCC2(c3cccc(C#N)c3)CC2C1)C(C)C. The van der Waals surface area contributed by atoms with Crippen LogP contribution < -0.4 is 5.32 Å². The lowest BCUT2D eigenvalue weighted by Gasteiger charge is -2.39. The van der Waals surface area contributed by atoms with Crippen LogP contribution in [0.5, 0.6) is 0 Å². The van der Waals surface area contributed by atoms with Crippen LogP contribution in [0.1, 0.15) is 70.1 Å². The van der Waals surface area contributed by atoms with Crippen molar-refractivity contribution in [1.82, 2.24) is 9.80 Å². The summed E-state index contributed by atoms with van der Waals surface area (Å²) in [5.74, 6) is -1.01. The number of rotatable bonds is 8. The van der Waals surface area contributed by atoms with E-state index in [4.69, 9.17) is 0 Å². The molecule has 210 valence electrons. The van der Waals surface area contributed by atoms with E-state index < -0.39 is 23.6 Å². The lowest BCUT2D eigenvalue weighted by molar-refractivity contribution is -0.139. The number of alkyl halides is 3. The second-order valence-electron chi connectivity index (χ2n) is 11.4. The van der Waals surface area contributed by atoms with E-state index in [0.29, 0.717) is 30.6 Å². The van der Waals surface area contributed by atoms with Crippen LogP contribution in [0.4, 0.5) is 28.0 Å². The molecule has 2 fully saturated rings. The topological polar surface area (TPSA) is 59.4 Å². The van der Waals surface area contributed by atoms with Gasteiger partial charge in [0.15, 0.2) is 0 Å². The molecule has 39 heavy (non-hydrogen) atoms. The fourth-order valence-electron chi connectivity index (χ4n) is 6.35. The fourth-order valence-corrected chi connectivity index (χ4v) is 6.35. The first kappa shape index (κ1) is 28.9. The van der Waals surface area contributed by atoms with E-state index in [1.54, 1.807) is 11.0 Å². The maximum atomic E-state index is 13.8. The maximum absolute atomic E-state index is 13.8. The van der Waals surface area contributed by atoms with E-state index in [1.807, 2.05) is 12.1 Å². The third-order valence-corrected chi connectivity index (χ3v) is 8.43. The number of carbonyl (C=O) groups excluding carboxylic acids is 1. The molecule has 2 saturated carbocycles. The molecule has 0 aromatic heterocycles. The van der Waals surface area contributed by atoms with Crippen LogP contribution in [0.3, 0.4) is 0 Å². The van der Waals surface area contributed by atoms with Gasteiger partial charge in [-0.15, -0.1) is 0 Å². The number of nitrogens with zero attached hydrogens (tertiary/aromatic N) is 3. The Balaban J connectivity index is 1.54. The molecular formula is C30H36F4N4O. The molecule has 9 heteroatoms. The number of halogens is 4. The van der Waals surface area contributed by atoms with E-state index in [9.17, 15) is 27.6 Å². The summed E-state index contributed by atoms with van der Waals surface area (Å²) < 4.78 is 53.6. The molecule has 0 heterocycles. The minimum absolute atomic E-state index is 0.0198. The van der Waals surface area contributed by atoms with Crippen molar-refractivity contribution >= 4 is 11.7 Å². The van der Waals surface area contributed by atoms with Crippen molar-refractivity contribution in [3.8, 4) is 6.07 Å². The molecule has 2 amide bonds. The van der Waals surface area contributed by atoms with Gasteiger partial charge >= 0.3 is 12.2 Å². The van der Waals surface area contributed by atoms with Gasteiger partial charge in [0, 0.05) is 36.9 Å². The summed E-state index contributed by atoms with van der Waals surface area (Å²) in [6.45, 7) is 9.42. The third-order valence-electron chi connectivity index (χ3n) is 8.43. The molecule has 0 aliphatic heterocycles. The van der Waals surface area contributed by atoms with Crippen LogP contribution in [0.15, 0.2) is 42.5 Å². The number of carbonyl (C=O) groups is 1. The summed E-state index contributed by atoms with van der Waals surface area (Å²) in [6.07, 6.45) is -1.47. The second kappa shape index (κ2) is 11.2. The van der Waals surface area contributed by atoms with Gasteiger partial charge in [0.2, 0.25) is 0 Å². The molecule has 4 rings (SSSR count). The van der Waals surface area contributed by atoms with Gasteiger partial charge in [0.1, 0.15) is 5.82 Å². The van der Waals surface area contributed by atoms with Crippen molar-refractivity contribution in [2.24, 2.45) is 5.92 Å². The predicted octanol–water partition coefficient (Wildman–Crippen LogP) is 7.18. The van der Waals surface area contributed by atoms with Crippen LogP contribution in [-0.4, -0.2) is 47.0 Å². The van der Waals surface area contributed by atoms with E-state index in [0.717, 1.165) is 43.4 Å². The molecule has 0 spiro atoms. The highest BCUT2D eigenvalue weighted by Gasteiger charge is 2.58. The number of amides is 2. The zero-order valence-corrected chi connectivity index (χ0v) is 22.9. The molecule has 0 bridgehead atoms. The van der Waals surface area contributed by atoms with Crippen molar-refractivity contribution in [3.63, 3.8) is 0 Å². The van der Waals surface area contributed by atoms with Crippen LogP contribution >= 0.6 is 0 Å². The first-order valence-electron chi connectivity index (χ1n) is 13.6. The fraction of sp³-hybridized carbons (Fsp3) is 0.533. The molecule has 2 aromatic rings. The highest BCUT2D eigenvalue weighted by atomic mass is 19.4. The third kappa shape index (κ3) is 6.22. The Kier molecular flexibility index (Phi) is 8.27. The van der Waals surface area contributed by atoms with Gasteiger partial charge in [-0.1, -0.05) is 12.1 Å². The number of nitriles is 1. The number of urea groups is 1. The Bertz CT molecular complexity index is 1230. The number of benzene rings is 2. The maximum Gasteiger partial charge on any atom is 0.419 e. The Hall–Kier alpha value is -3.12. The summed E-state index contributed by atoms with van der Waals surface area (Å²) in [6, 6.07) is 12.4. The molecular weight excluding hydrogens is 508 g/mol. The van der Waals surface area contributed by atoms with E-state index >= 15 is 0 Å². The zero-order chi connectivity index (χ0) is 28.5. The van der Waals surface area contributed by atoms with Gasteiger partial charge in [-0.05, 0) is 101 Å². The first-order chi connectivity index (χ1) is 18.4. The van der Waals surface area contributed by atoms with Crippen molar-refractivity contribution in [2.75, 3.05) is 18.4 Å². The van der Waals surface area contributed by atoms with E-state index in [-0.39, 0.29) is 29.2 Å². The number of hydrogen-bond acceptors (Lipinski definition) is 3. The molecule has 1 N–H and O–H groups in total. The molecule has 2 aromatic carbocycles. The van der Waals surface area contributed by atoms with Gasteiger partial charge in [-0.25, -0.2) is 9.18 Å². The first-order valence-corrected chi connectivity index (χ1v) is 13.6. The van der Waals surface area contributed by atoms with Crippen molar-refractivity contribution in [3.05, 3.63) is 65.0 Å². The average molecular weight is 545 g/mol. The van der Waals surface area contributed by atoms with Crippen LogP contribution in [0.25, 0.3) is 0 Å². The summed E-state index contributed by atoms with van der Waals surface area (Å²) in [5.41, 5.74) is 0.325.